The Morgan fingerprint density at radius 2 is 2.83 bits per heavy atom. The molecule has 0 amide bonds. The van der Waals surface area contributed by atoms with Crippen molar-refractivity contribution in [2.75, 3.05) is 0 Å². The molecule has 0 aromatic rings. The van der Waals surface area contributed by atoms with Crippen LogP contribution in [0.25, 0.3) is 0 Å². The van der Waals surface area contributed by atoms with Crippen LogP contribution in [0.15, 0.2) is 0 Å². The molecule has 6 heavy (non-hydrogen) atoms. The van der Waals surface area contributed by atoms with Gasteiger partial charge in [-0.05, 0) is 25.2 Å². The quantitative estimate of drug-likeness (QED) is 0.419. The van der Waals surface area contributed by atoms with Crippen LogP contribution in [0.5, 0.6) is 0 Å². The highest BCUT2D eigenvalue weighted by molar-refractivity contribution is 4.94. The maximum absolute atomic E-state index is 7.28. The predicted molar refractivity (Wildman–Crippen MR) is 27.0 cm³/mol. The zero-order valence-electron chi connectivity index (χ0n) is 5.02. The fourth-order valence-corrected chi connectivity index (χ4v) is 0.665. The van der Waals surface area contributed by atoms with Gasteiger partial charge in [0.2, 0.25) is 0 Å². The van der Waals surface area contributed by atoms with Gasteiger partial charge in [-0.2, -0.15) is 0 Å². The lowest BCUT2D eigenvalue weighted by atomic mass is 10.2. The summed E-state index contributed by atoms with van der Waals surface area (Å²) in [5.41, 5.74) is 0. The van der Waals surface area contributed by atoms with Crippen LogP contribution in [0, 0.1) is 18.8 Å². The topological polar surface area (TPSA) is 0 Å². The molecule has 0 nitrogen and oxygen atoms in total. The third-order valence-corrected chi connectivity index (χ3v) is 1.08. The van der Waals surface area contributed by atoms with E-state index in [4.69, 9.17) is 1.37 Å². The van der Waals surface area contributed by atoms with Gasteiger partial charge in [-0.15, -0.1) is 0 Å². The van der Waals surface area contributed by atoms with Crippen molar-refractivity contribution in [1.29, 1.82) is 0 Å². The summed E-state index contributed by atoms with van der Waals surface area (Å²) >= 11 is 0. The molecule has 0 bridgehead atoms. The largest absolute Gasteiger partial charge is 0.0622 e. The summed E-state index contributed by atoms with van der Waals surface area (Å²) in [4.78, 5) is 0. The maximum Gasteiger partial charge on any atom is 0.0269 e. The highest BCUT2D eigenvalue weighted by Crippen LogP contribution is 2.20. The molecule has 1 saturated carbocycles. The Morgan fingerprint density at radius 1 is 2.00 bits per heavy atom. The second-order valence-electron chi connectivity index (χ2n) is 1.76. The Balaban J connectivity index is 2.33. The average Bonchev–Trinajstić information content (AvgIpc) is 1.91. The van der Waals surface area contributed by atoms with Gasteiger partial charge in [0.25, 0.3) is 0 Å². The van der Waals surface area contributed by atoms with Gasteiger partial charge in [-0.25, -0.2) is 0 Å². The van der Waals surface area contributed by atoms with Crippen LogP contribution in [-0.2, 0) is 0 Å². The Labute approximate surface area is 41.0 Å². The van der Waals surface area contributed by atoms with Crippen LogP contribution in [-0.4, -0.2) is 0 Å². The first-order valence-electron chi connectivity index (χ1n) is 2.97. The third-order valence-electron chi connectivity index (χ3n) is 1.08. The van der Waals surface area contributed by atoms with Gasteiger partial charge in [0.05, 0.1) is 0 Å². The van der Waals surface area contributed by atoms with Crippen molar-refractivity contribution in [2.24, 2.45) is 5.92 Å². The lowest BCUT2D eigenvalue weighted by Crippen LogP contribution is -1.79. The lowest BCUT2D eigenvalue weighted by Gasteiger charge is -1.90. The molecule has 0 aromatic carbocycles. The van der Waals surface area contributed by atoms with E-state index in [1.807, 2.05) is 0 Å². The SMILES string of the molecule is [2H]C1C[CH][CH]C1C. The van der Waals surface area contributed by atoms with Gasteiger partial charge in [-0.1, -0.05) is 13.3 Å². The molecule has 0 spiro atoms. The molecular formula is C6H10. The van der Waals surface area contributed by atoms with Crippen LogP contribution >= 0.6 is 0 Å². The minimum absolute atomic E-state index is 0.153. The van der Waals surface area contributed by atoms with E-state index in [0.717, 1.165) is 6.42 Å². The zero-order chi connectivity index (χ0) is 5.28. The average molecular weight is 83.2 g/mol. The molecule has 2 radical (unpaired) electrons. The molecule has 1 aliphatic carbocycles. The third kappa shape index (κ3) is 0.735. The summed E-state index contributed by atoms with van der Waals surface area (Å²) in [6.45, 7) is 2.08. The Kier molecular flexibility index (Phi) is 0.833. The van der Waals surface area contributed by atoms with E-state index in [1.165, 1.54) is 0 Å². The van der Waals surface area contributed by atoms with Gasteiger partial charge in [0.1, 0.15) is 0 Å². The number of hydrogen-bond donors (Lipinski definition) is 0. The molecule has 34 valence electrons. The van der Waals surface area contributed by atoms with E-state index in [2.05, 4.69) is 19.8 Å². The lowest BCUT2D eigenvalue weighted by molar-refractivity contribution is 0.693. The fourth-order valence-electron chi connectivity index (χ4n) is 0.665. The summed E-state index contributed by atoms with van der Waals surface area (Å²) in [5.74, 6) is 0.500. The molecule has 1 aliphatic rings. The summed E-state index contributed by atoms with van der Waals surface area (Å²) in [6, 6.07) is 0. The molecule has 0 heterocycles. The number of rotatable bonds is 0. The van der Waals surface area contributed by atoms with Crippen molar-refractivity contribution in [3.8, 4) is 0 Å². The van der Waals surface area contributed by atoms with Gasteiger partial charge in [0.15, 0.2) is 0 Å². The Bertz CT molecular complexity index is 53.2. The zero-order valence-corrected chi connectivity index (χ0v) is 4.02. The van der Waals surface area contributed by atoms with E-state index in [9.17, 15) is 0 Å². The monoisotopic (exact) mass is 83.1 g/mol. The summed E-state index contributed by atoms with van der Waals surface area (Å²) in [7, 11) is 0. The van der Waals surface area contributed by atoms with Crippen LogP contribution in [0.4, 0.5) is 0 Å². The van der Waals surface area contributed by atoms with E-state index < -0.39 is 0 Å². The van der Waals surface area contributed by atoms with Crippen LogP contribution in [0.3, 0.4) is 0 Å². The molecule has 0 saturated heterocycles. The van der Waals surface area contributed by atoms with Gasteiger partial charge >= 0.3 is 0 Å². The van der Waals surface area contributed by atoms with Crippen molar-refractivity contribution in [2.45, 2.75) is 19.7 Å². The van der Waals surface area contributed by atoms with E-state index in [1.54, 1.807) is 0 Å². The van der Waals surface area contributed by atoms with E-state index in [-0.39, 0.29) is 6.40 Å². The first-order valence-corrected chi connectivity index (χ1v) is 2.39. The minimum Gasteiger partial charge on any atom is -0.0622 e. The van der Waals surface area contributed by atoms with Crippen molar-refractivity contribution in [3.63, 3.8) is 0 Å². The second-order valence-corrected chi connectivity index (χ2v) is 1.76. The molecule has 0 aromatic heterocycles. The molecular weight excluding hydrogens is 72.1 g/mol. The minimum atomic E-state index is 0.153. The van der Waals surface area contributed by atoms with Crippen LogP contribution in [0.1, 0.15) is 21.1 Å². The van der Waals surface area contributed by atoms with Crippen molar-refractivity contribution < 1.29 is 1.37 Å². The molecule has 0 N–H and O–H groups in total. The summed E-state index contributed by atoms with van der Waals surface area (Å²) in [5, 5.41) is 0. The summed E-state index contributed by atoms with van der Waals surface area (Å²) < 4.78 is 7.28. The van der Waals surface area contributed by atoms with Crippen molar-refractivity contribution in [1.82, 2.24) is 0 Å². The Hall–Kier alpha value is 0. The molecule has 2 unspecified atom stereocenters. The smallest absolute Gasteiger partial charge is 0.0269 e. The Morgan fingerprint density at radius 3 is 3.00 bits per heavy atom. The normalized spacial score (nSPS) is 49.2. The highest BCUT2D eigenvalue weighted by atomic mass is 14.1. The van der Waals surface area contributed by atoms with E-state index in [0.29, 0.717) is 5.92 Å². The molecule has 1 rings (SSSR count). The first kappa shape index (κ1) is 3.06. The standard InChI is InChI=1S/C6H10/c1-6-4-2-3-5-6/h2,4,6H,3,5H2,1H3/i5D. The summed E-state index contributed by atoms with van der Waals surface area (Å²) in [6.07, 6.45) is 5.31. The van der Waals surface area contributed by atoms with Crippen molar-refractivity contribution in [3.05, 3.63) is 12.8 Å². The first-order chi connectivity index (χ1) is 3.30. The van der Waals surface area contributed by atoms with Crippen LogP contribution < -0.4 is 0 Å². The molecule has 2 atom stereocenters. The van der Waals surface area contributed by atoms with Crippen LogP contribution in [0.2, 0.25) is 0 Å². The fraction of sp³-hybridized carbons (Fsp3) is 0.667. The van der Waals surface area contributed by atoms with Gasteiger partial charge < -0.3 is 0 Å². The highest BCUT2D eigenvalue weighted by Gasteiger charge is 2.07. The predicted octanol–water partition coefficient (Wildman–Crippen LogP) is 1.82. The second kappa shape index (κ2) is 1.63. The molecule has 0 aliphatic heterocycles. The molecule has 0 heteroatoms. The number of hydrogen-bond acceptors (Lipinski definition) is 0. The maximum atomic E-state index is 7.28. The van der Waals surface area contributed by atoms with Crippen molar-refractivity contribution >= 4 is 0 Å². The van der Waals surface area contributed by atoms with E-state index >= 15 is 0 Å². The van der Waals surface area contributed by atoms with Gasteiger partial charge in [0, 0.05) is 1.37 Å². The van der Waals surface area contributed by atoms with Gasteiger partial charge in [-0.3, -0.25) is 0 Å². The molecule has 1 fully saturated rings.